The van der Waals surface area contributed by atoms with Gasteiger partial charge in [-0.1, -0.05) is 36.4 Å². The van der Waals surface area contributed by atoms with Gasteiger partial charge < -0.3 is 19.9 Å². The minimum Gasteiger partial charge on any atom is -0.379 e. The maximum absolute atomic E-state index is 13.5. The van der Waals surface area contributed by atoms with Crippen molar-refractivity contribution < 1.29 is 18.7 Å². The lowest BCUT2D eigenvalue weighted by Crippen LogP contribution is -2.41. The fourth-order valence-corrected chi connectivity index (χ4v) is 4.55. The summed E-state index contributed by atoms with van der Waals surface area (Å²) >= 11 is 0. The van der Waals surface area contributed by atoms with Gasteiger partial charge >= 0.3 is 0 Å². The summed E-state index contributed by atoms with van der Waals surface area (Å²) in [5, 5.41) is 6.71. The smallest absolute Gasteiger partial charge is 0.267 e. The molecule has 1 fully saturated rings. The molecule has 8 heteroatoms. The van der Waals surface area contributed by atoms with Gasteiger partial charge in [0, 0.05) is 54.9 Å². The Morgan fingerprint density at radius 1 is 0.892 bits per heavy atom. The minimum atomic E-state index is -0.467. The Balaban J connectivity index is 1.38. The summed E-state index contributed by atoms with van der Waals surface area (Å²) in [6.07, 6.45) is 0. The Morgan fingerprint density at radius 3 is 2.49 bits per heavy atom. The average Bonchev–Trinajstić information content (AvgIpc) is 3.27. The monoisotopic (exact) mass is 500 g/mol. The number of carbonyl (C=O) groups is 2. The molecule has 3 aromatic carbocycles. The highest BCUT2D eigenvalue weighted by Crippen LogP contribution is 2.25. The van der Waals surface area contributed by atoms with Crippen molar-refractivity contribution in [2.45, 2.75) is 6.54 Å². The van der Waals surface area contributed by atoms with E-state index in [2.05, 4.69) is 15.5 Å². The topological polar surface area (TPSA) is 75.6 Å². The molecule has 190 valence electrons. The molecule has 7 nitrogen and oxygen atoms in total. The summed E-state index contributed by atoms with van der Waals surface area (Å²) in [4.78, 5) is 28.2. The van der Waals surface area contributed by atoms with Crippen LogP contribution in [0.4, 0.5) is 10.1 Å². The van der Waals surface area contributed by atoms with Crippen molar-refractivity contribution in [3.63, 3.8) is 0 Å². The van der Waals surface area contributed by atoms with Gasteiger partial charge in [-0.3, -0.25) is 14.5 Å². The van der Waals surface area contributed by atoms with Crippen LogP contribution in [0.15, 0.2) is 78.9 Å². The normalized spacial score (nSPS) is 14.0. The zero-order valence-corrected chi connectivity index (χ0v) is 20.5. The van der Waals surface area contributed by atoms with Gasteiger partial charge in [-0.25, -0.2) is 4.39 Å². The van der Waals surface area contributed by atoms with Crippen LogP contribution in [0.3, 0.4) is 0 Å². The molecule has 5 rings (SSSR count). The fraction of sp³-hybridized carbons (Fsp3) is 0.241. The second kappa shape index (κ2) is 11.4. The zero-order valence-electron chi connectivity index (χ0n) is 20.5. The molecule has 0 spiro atoms. The highest BCUT2D eigenvalue weighted by Gasteiger charge is 2.18. The summed E-state index contributed by atoms with van der Waals surface area (Å²) in [7, 11) is 0. The first-order valence-corrected chi connectivity index (χ1v) is 12.4. The number of rotatable bonds is 8. The second-order valence-electron chi connectivity index (χ2n) is 9.05. The molecule has 0 saturated carbocycles. The summed E-state index contributed by atoms with van der Waals surface area (Å²) in [6, 6.07) is 22.9. The number of ether oxygens (including phenoxy) is 1. The average molecular weight is 501 g/mol. The number of aromatic nitrogens is 1. The lowest BCUT2D eigenvalue weighted by molar-refractivity contribution is 0.0383. The number of benzene rings is 3. The Kier molecular flexibility index (Phi) is 7.58. The molecule has 0 atom stereocenters. The second-order valence-corrected chi connectivity index (χ2v) is 9.05. The summed E-state index contributed by atoms with van der Waals surface area (Å²) in [5.41, 5.74) is 3.31. The third-order valence-electron chi connectivity index (χ3n) is 6.48. The van der Waals surface area contributed by atoms with Crippen molar-refractivity contribution in [1.82, 2.24) is 14.8 Å². The molecule has 1 aliphatic rings. The number of nitrogens with zero attached hydrogens (tertiary/aromatic N) is 2. The Morgan fingerprint density at radius 2 is 1.70 bits per heavy atom. The van der Waals surface area contributed by atoms with Crippen molar-refractivity contribution in [3.05, 3.63) is 102 Å². The quantitative estimate of drug-likeness (QED) is 0.381. The molecule has 0 aliphatic carbocycles. The molecule has 1 saturated heterocycles. The molecular formula is C29H29FN4O3. The first kappa shape index (κ1) is 24.7. The largest absolute Gasteiger partial charge is 0.379 e. The van der Waals surface area contributed by atoms with Gasteiger partial charge in [-0.05, 0) is 48.0 Å². The fourth-order valence-electron chi connectivity index (χ4n) is 4.55. The zero-order chi connectivity index (χ0) is 25.6. The number of carbonyl (C=O) groups excluding carboxylic acids is 2. The molecule has 37 heavy (non-hydrogen) atoms. The molecule has 1 aromatic heterocycles. The molecule has 2 heterocycles. The van der Waals surface area contributed by atoms with E-state index in [-0.39, 0.29) is 11.5 Å². The number of fused-ring (bicyclic) bond motifs is 1. The molecule has 1 aliphatic heterocycles. The van der Waals surface area contributed by atoms with Crippen LogP contribution in [0, 0.1) is 5.82 Å². The van der Waals surface area contributed by atoms with Crippen molar-refractivity contribution in [2.24, 2.45) is 0 Å². The van der Waals surface area contributed by atoms with Crippen LogP contribution < -0.4 is 10.6 Å². The van der Waals surface area contributed by atoms with Crippen molar-refractivity contribution in [2.75, 3.05) is 44.7 Å². The van der Waals surface area contributed by atoms with Gasteiger partial charge in [-0.2, -0.15) is 0 Å². The van der Waals surface area contributed by atoms with Crippen LogP contribution >= 0.6 is 0 Å². The molecule has 0 bridgehead atoms. The predicted octanol–water partition coefficient (Wildman–Crippen LogP) is 4.14. The van der Waals surface area contributed by atoms with E-state index in [1.165, 1.54) is 18.2 Å². The van der Waals surface area contributed by atoms with Gasteiger partial charge in [0.1, 0.15) is 11.5 Å². The van der Waals surface area contributed by atoms with Crippen molar-refractivity contribution in [3.8, 4) is 0 Å². The van der Waals surface area contributed by atoms with E-state index >= 15 is 0 Å². The summed E-state index contributed by atoms with van der Waals surface area (Å²) < 4.78 is 20.9. The lowest BCUT2D eigenvalue weighted by Gasteiger charge is -2.26. The van der Waals surface area contributed by atoms with E-state index < -0.39 is 11.7 Å². The van der Waals surface area contributed by atoms with Gasteiger partial charge in [0.25, 0.3) is 11.8 Å². The third kappa shape index (κ3) is 6.04. The van der Waals surface area contributed by atoms with Crippen molar-refractivity contribution >= 4 is 28.4 Å². The van der Waals surface area contributed by atoms with E-state index in [9.17, 15) is 14.0 Å². The molecule has 2 N–H and O–H groups in total. The summed E-state index contributed by atoms with van der Waals surface area (Å²) in [6.45, 7) is 5.02. The number of amides is 2. The van der Waals surface area contributed by atoms with E-state index in [4.69, 9.17) is 4.74 Å². The van der Waals surface area contributed by atoms with Crippen LogP contribution in [0.2, 0.25) is 0 Å². The van der Waals surface area contributed by atoms with Crippen LogP contribution in [0.25, 0.3) is 10.9 Å². The molecule has 0 radical (unpaired) electrons. The van der Waals surface area contributed by atoms with Gasteiger partial charge in [-0.15, -0.1) is 0 Å². The highest BCUT2D eigenvalue weighted by molar-refractivity contribution is 6.06. The maximum Gasteiger partial charge on any atom is 0.267 e. The van der Waals surface area contributed by atoms with Gasteiger partial charge in [0.15, 0.2) is 0 Å². The number of hydrogen-bond donors (Lipinski definition) is 2. The highest BCUT2D eigenvalue weighted by atomic mass is 19.1. The van der Waals surface area contributed by atoms with Gasteiger partial charge in [0.2, 0.25) is 0 Å². The molecular weight excluding hydrogens is 471 g/mol. The van der Waals surface area contributed by atoms with E-state index in [0.29, 0.717) is 24.5 Å². The predicted molar refractivity (Wildman–Crippen MR) is 141 cm³/mol. The number of halogens is 1. The van der Waals surface area contributed by atoms with Crippen LogP contribution in [0.5, 0.6) is 0 Å². The van der Waals surface area contributed by atoms with Gasteiger partial charge in [0.05, 0.1) is 13.2 Å². The van der Waals surface area contributed by atoms with Crippen LogP contribution in [0.1, 0.15) is 26.4 Å². The standard InChI is InChI=1S/C29H29FN4O3/c30-24-8-4-7-22(17-24)28(35)32-25-9-10-26-23(18-25)19-27(34(26)20-21-5-2-1-3-6-21)29(36)31-11-12-33-13-15-37-16-14-33/h1-10,17-19H,11-16,20H2,(H,31,36)(H,32,35). The first-order chi connectivity index (χ1) is 18.1. The maximum atomic E-state index is 13.5. The van der Waals surface area contributed by atoms with Crippen LogP contribution in [-0.2, 0) is 11.3 Å². The minimum absolute atomic E-state index is 0.147. The third-order valence-corrected chi connectivity index (χ3v) is 6.48. The summed E-state index contributed by atoms with van der Waals surface area (Å²) in [5.74, 6) is -1.01. The van der Waals surface area contributed by atoms with E-state index in [1.54, 1.807) is 12.1 Å². The van der Waals surface area contributed by atoms with Crippen LogP contribution in [-0.4, -0.2) is 60.7 Å². The number of nitrogens with one attached hydrogen (secondary N) is 2. The first-order valence-electron chi connectivity index (χ1n) is 12.4. The Labute approximate surface area is 214 Å². The van der Waals surface area contributed by atoms with E-state index in [1.807, 2.05) is 53.1 Å². The molecule has 0 unspecified atom stereocenters. The van der Waals surface area contributed by atoms with Crippen molar-refractivity contribution in [1.29, 1.82) is 0 Å². The number of anilines is 1. The number of morpholine rings is 1. The Hall–Kier alpha value is -4.01. The lowest BCUT2D eigenvalue weighted by atomic mass is 10.2. The number of hydrogen-bond acceptors (Lipinski definition) is 4. The molecule has 4 aromatic rings. The van der Waals surface area contributed by atoms with E-state index in [0.717, 1.165) is 49.3 Å². The molecule has 2 amide bonds. The Bertz CT molecular complexity index is 1400. The SMILES string of the molecule is O=C(Nc1ccc2c(c1)cc(C(=O)NCCN1CCOCC1)n2Cc1ccccc1)c1cccc(F)c1.